The Bertz CT molecular complexity index is 556. The molecule has 1 aromatic heterocycles. The summed E-state index contributed by atoms with van der Waals surface area (Å²) in [7, 11) is 0. The van der Waals surface area contributed by atoms with E-state index in [9.17, 15) is 0 Å². The van der Waals surface area contributed by atoms with Gasteiger partial charge in [0.25, 0.3) is 0 Å². The fraction of sp³-hybridized carbons (Fsp3) is 0.462. The van der Waals surface area contributed by atoms with E-state index in [1.807, 2.05) is 29.8 Å². The van der Waals surface area contributed by atoms with Crippen molar-refractivity contribution in [3.63, 3.8) is 0 Å². The van der Waals surface area contributed by atoms with Gasteiger partial charge in [-0.25, -0.2) is 4.68 Å². The largest absolute Gasteiger partial charge is 0.399 e. The average molecular weight is 243 g/mol. The third-order valence-electron chi connectivity index (χ3n) is 3.68. The number of hydrogen-bond donors (Lipinski definition) is 1. The minimum Gasteiger partial charge on any atom is -0.399 e. The van der Waals surface area contributed by atoms with E-state index in [2.05, 4.69) is 15.5 Å². The Kier molecular flexibility index (Phi) is 2.74. The van der Waals surface area contributed by atoms with Gasteiger partial charge in [0.05, 0.1) is 0 Å². The smallest absolute Gasteiger partial charge is 0.182 e. The van der Waals surface area contributed by atoms with Crippen molar-refractivity contribution in [3.05, 3.63) is 23.8 Å². The molecule has 0 bridgehead atoms. The molecule has 0 aliphatic heterocycles. The van der Waals surface area contributed by atoms with Gasteiger partial charge in [-0.2, -0.15) is 0 Å². The Hall–Kier alpha value is -1.91. The van der Waals surface area contributed by atoms with Gasteiger partial charge in [0.2, 0.25) is 0 Å². The van der Waals surface area contributed by atoms with Crippen molar-refractivity contribution in [1.29, 1.82) is 0 Å². The van der Waals surface area contributed by atoms with Crippen LogP contribution in [0.2, 0.25) is 0 Å². The number of hydrogen-bond acceptors (Lipinski definition) is 4. The zero-order chi connectivity index (χ0) is 12.5. The van der Waals surface area contributed by atoms with Crippen molar-refractivity contribution in [1.82, 2.24) is 20.2 Å². The van der Waals surface area contributed by atoms with Crippen LogP contribution in [-0.2, 0) is 6.54 Å². The molecule has 0 unspecified atom stereocenters. The highest BCUT2D eigenvalue weighted by atomic mass is 15.5. The number of nitrogen functional groups attached to an aromatic ring is 1. The predicted octanol–water partition coefficient (Wildman–Crippen LogP) is 2.03. The van der Waals surface area contributed by atoms with Gasteiger partial charge < -0.3 is 5.73 Å². The van der Waals surface area contributed by atoms with Gasteiger partial charge >= 0.3 is 0 Å². The first-order chi connectivity index (χ1) is 8.74. The van der Waals surface area contributed by atoms with Crippen molar-refractivity contribution in [2.24, 2.45) is 5.92 Å². The molecule has 1 heterocycles. The third-order valence-corrected chi connectivity index (χ3v) is 3.68. The van der Waals surface area contributed by atoms with Crippen LogP contribution in [0.1, 0.15) is 24.8 Å². The number of aromatic nitrogens is 4. The highest BCUT2D eigenvalue weighted by Gasteiger charge is 2.21. The summed E-state index contributed by atoms with van der Waals surface area (Å²) in [6.45, 7) is 2.96. The Morgan fingerprint density at radius 1 is 1.39 bits per heavy atom. The van der Waals surface area contributed by atoms with Crippen molar-refractivity contribution < 1.29 is 0 Å². The molecule has 0 radical (unpaired) electrons. The molecule has 5 nitrogen and oxygen atoms in total. The van der Waals surface area contributed by atoms with Crippen LogP contribution in [0.15, 0.2) is 18.2 Å². The van der Waals surface area contributed by atoms with Gasteiger partial charge in [-0.15, -0.1) is 5.10 Å². The van der Waals surface area contributed by atoms with E-state index in [0.717, 1.165) is 35.1 Å². The molecule has 0 saturated heterocycles. The summed E-state index contributed by atoms with van der Waals surface area (Å²) in [6, 6.07) is 5.84. The first-order valence-corrected chi connectivity index (χ1v) is 6.36. The van der Waals surface area contributed by atoms with Crippen LogP contribution < -0.4 is 5.73 Å². The second-order valence-corrected chi connectivity index (χ2v) is 5.06. The average Bonchev–Trinajstić information content (AvgIpc) is 2.71. The monoisotopic (exact) mass is 243 g/mol. The lowest BCUT2D eigenvalue weighted by Gasteiger charge is -2.25. The molecule has 3 rings (SSSR count). The Labute approximate surface area is 106 Å². The van der Waals surface area contributed by atoms with Gasteiger partial charge in [0, 0.05) is 17.8 Å². The van der Waals surface area contributed by atoms with E-state index in [4.69, 9.17) is 5.73 Å². The molecule has 1 aliphatic rings. The standard InChI is InChI=1S/C13H17N5/c1-9-7-11(14)5-6-12(9)13-15-16-17-18(13)8-10-3-2-4-10/h5-7,10H,2-4,8,14H2,1H3. The van der Waals surface area contributed by atoms with Crippen molar-refractivity contribution in [2.45, 2.75) is 32.7 Å². The molecule has 0 amide bonds. The number of rotatable bonds is 3. The number of nitrogens with zero attached hydrogens (tertiary/aromatic N) is 4. The molecule has 5 heteroatoms. The van der Waals surface area contributed by atoms with Gasteiger partial charge in [-0.3, -0.25) is 0 Å². The van der Waals surface area contributed by atoms with Crippen LogP contribution in [0.4, 0.5) is 5.69 Å². The minimum absolute atomic E-state index is 0.737. The molecular formula is C13H17N5. The summed E-state index contributed by atoms with van der Waals surface area (Å²) in [5, 5.41) is 12.1. The Balaban J connectivity index is 1.93. The Morgan fingerprint density at radius 3 is 2.89 bits per heavy atom. The highest BCUT2D eigenvalue weighted by Crippen LogP contribution is 2.29. The third kappa shape index (κ3) is 1.96. The summed E-state index contributed by atoms with van der Waals surface area (Å²) < 4.78 is 1.92. The molecule has 2 aromatic rings. The fourth-order valence-electron chi connectivity index (χ4n) is 2.38. The van der Waals surface area contributed by atoms with Crippen molar-refractivity contribution in [3.8, 4) is 11.4 Å². The number of benzene rings is 1. The van der Waals surface area contributed by atoms with E-state index in [-0.39, 0.29) is 0 Å². The summed E-state index contributed by atoms with van der Waals surface area (Å²) in [5.74, 6) is 1.58. The lowest BCUT2D eigenvalue weighted by Crippen LogP contribution is -2.19. The molecule has 0 spiro atoms. The van der Waals surface area contributed by atoms with Crippen molar-refractivity contribution >= 4 is 5.69 Å². The van der Waals surface area contributed by atoms with E-state index in [1.165, 1.54) is 19.3 Å². The fourth-order valence-corrected chi connectivity index (χ4v) is 2.38. The molecule has 18 heavy (non-hydrogen) atoms. The molecule has 1 aliphatic carbocycles. The van der Waals surface area contributed by atoms with Gasteiger partial charge in [0.15, 0.2) is 5.82 Å². The molecular weight excluding hydrogens is 226 g/mol. The summed E-state index contributed by atoms with van der Waals surface area (Å²) >= 11 is 0. The second-order valence-electron chi connectivity index (χ2n) is 5.06. The zero-order valence-electron chi connectivity index (χ0n) is 10.5. The van der Waals surface area contributed by atoms with E-state index in [0.29, 0.717) is 0 Å². The lowest BCUT2D eigenvalue weighted by molar-refractivity contribution is 0.265. The minimum atomic E-state index is 0.737. The molecule has 1 fully saturated rings. The van der Waals surface area contributed by atoms with E-state index >= 15 is 0 Å². The first-order valence-electron chi connectivity index (χ1n) is 6.36. The van der Waals surface area contributed by atoms with Crippen LogP contribution in [0, 0.1) is 12.8 Å². The topological polar surface area (TPSA) is 69.6 Å². The normalized spacial score (nSPS) is 15.6. The maximum absolute atomic E-state index is 5.77. The molecule has 2 N–H and O–H groups in total. The highest BCUT2D eigenvalue weighted by molar-refractivity contribution is 5.63. The van der Waals surface area contributed by atoms with E-state index in [1.54, 1.807) is 0 Å². The summed E-state index contributed by atoms with van der Waals surface area (Å²) in [6.07, 6.45) is 3.92. The number of nitrogens with two attached hydrogens (primary N) is 1. The number of aryl methyl sites for hydroxylation is 1. The van der Waals surface area contributed by atoms with Crippen LogP contribution >= 0.6 is 0 Å². The summed E-state index contributed by atoms with van der Waals surface area (Å²) in [4.78, 5) is 0. The number of tetrazole rings is 1. The quantitative estimate of drug-likeness (QED) is 0.837. The maximum atomic E-state index is 5.77. The molecule has 0 atom stereocenters. The molecule has 1 saturated carbocycles. The van der Waals surface area contributed by atoms with Gasteiger partial charge in [0.1, 0.15) is 0 Å². The van der Waals surface area contributed by atoms with Crippen LogP contribution in [0.5, 0.6) is 0 Å². The van der Waals surface area contributed by atoms with Crippen LogP contribution in [0.25, 0.3) is 11.4 Å². The summed E-state index contributed by atoms with van der Waals surface area (Å²) in [5.41, 5.74) is 8.72. The van der Waals surface area contributed by atoms with E-state index < -0.39 is 0 Å². The predicted molar refractivity (Wildman–Crippen MR) is 69.7 cm³/mol. The number of anilines is 1. The molecule has 94 valence electrons. The lowest BCUT2D eigenvalue weighted by atomic mass is 9.85. The van der Waals surface area contributed by atoms with Crippen LogP contribution in [0.3, 0.4) is 0 Å². The zero-order valence-corrected chi connectivity index (χ0v) is 10.5. The first kappa shape index (κ1) is 11.2. The molecule has 1 aromatic carbocycles. The van der Waals surface area contributed by atoms with Gasteiger partial charge in [-0.1, -0.05) is 6.42 Å². The Morgan fingerprint density at radius 2 is 2.22 bits per heavy atom. The second kappa shape index (κ2) is 4.40. The van der Waals surface area contributed by atoms with Gasteiger partial charge in [-0.05, 0) is 59.9 Å². The SMILES string of the molecule is Cc1cc(N)ccc1-c1nnnn1CC1CCC1. The van der Waals surface area contributed by atoms with Crippen LogP contribution in [-0.4, -0.2) is 20.2 Å². The maximum Gasteiger partial charge on any atom is 0.182 e. The van der Waals surface area contributed by atoms with Crippen molar-refractivity contribution in [2.75, 3.05) is 5.73 Å².